The molecule has 0 aromatic rings. The fourth-order valence-corrected chi connectivity index (χ4v) is 2.80. The van der Waals surface area contributed by atoms with Crippen LogP contribution in [-0.2, 0) is 4.79 Å². The molecule has 0 N–H and O–H groups in total. The van der Waals surface area contributed by atoms with Crippen LogP contribution in [0.1, 0.15) is 79.1 Å². The summed E-state index contributed by atoms with van der Waals surface area (Å²) in [5.74, 6) is 0. The highest BCUT2D eigenvalue weighted by atomic mass is 16.2. The summed E-state index contributed by atoms with van der Waals surface area (Å²) in [6, 6.07) is 0. The topological polar surface area (TPSA) is 40.1 Å². The fraction of sp³-hybridized carbons (Fsp3) is 0.762. The molecule has 0 amide bonds. The smallest absolute Gasteiger partial charge is 0.142 e. The zero-order valence-corrected chi connectivity index (χ0v) is 16.6. The molecule has 0 aliphatic heterocycles. The van der Waals surface area contributed by atoms with Gasteiger partial charge in [0, 0.05) is 0 Å². The van der Waals surface area contributed by atoms with Gasteiger partial charge in [0.15, 0.2) is 0 Å². The van der Waals surface area contributed by atoms with E-state index >= 15 is 0 Å². The van der Waals surface area contributed by atoms with Crippen molar-refractivity contribution >= 4 is 6.29 Å². The largest absolute Gasteiger partial charge is 0.878 e. The van der Waals surface area contributed by atoms with Crippen LogP contribution in [0.25, 0.3) is 0 Å². The molecule has 0 fully saturated rings. The number of carbonyl (C=O) groups excluding carboxylic acids is 1. The number of allylic oxidation sites excluding steroid dienone is 3. The lowest BCUT2D eigenvalue weighted by atomic mass is 10.1. The maximum Gasteiger partial charge on any atom is 0.142 e. The molecule has 0 saturated heterocycles. The van der Waals surface area contributed by atoms with Gasteiger partial charge in [-0.25, -0.2) is 0 Å². The predicted octanol–water partition coefficient (Wildman–Crippen LogP) is 4.62. The molecule has 142 valence electrons. The highest BCUT2D eigenvalue weighted by Gasteiger charge is 2.24. The van der Waals surface area contributed by atoms with E-state index in [1.165, 1.54) is 100 Å². The molecule has 0 bridgehead atoms. The summed E-state index contributed by atoms with van der Waals surface area (Å²) in [7, 11) is 0. The van der Waals surface area contributed by atoms with Crippen molar-refractivity contribution in [2.45, 2.75) is 79.1 Å². The van der Waals surface area contributed by atoms with Crippen molar-refractivity contribution in [2.24, 2.45) is 0 Å². The van der Waals surface area contributed by atoms with Gasteiger partial charge in [-0.15, -0.1) is 6.26 Å². The zero-order chi connectivity index (χ0) is 18.5. The SMILES string of the molecule is CCCC[N+](CCCC)(CCCC)CCCC.O=C/C=C/C=C/[O-]. The van der Waals surface area contributed by atoms with Crippen LogP contribution < -0.4 is 5.11 Å². The van der Waals surface area contributed by atoms with E-state index in [9.17, 15) is 9.90 Å². The number of carbonyl (C=O) groups is 1. The molecule has 0 aliphatic rings. The molecule has 0 heterocycles. The van der Waals surface area contributed by atoms with Crippen LogP contribution >= 0.6 is 0 Å². The number of hydrogen-bond acceptors (Lipinski definition) is 2. The Hall–Kier alpha value is -1.09. The Morgan fingerprint density at radius 2 is 1.04 bits per heavy atom. The maximum absolute atomic E-state index is 9.46. The van der Waals surface area contributed by atoms with Gasteiger partial charge in [0.25, 0.3) is 0 Å². The first-order valence-electron chi connectivity index (χ1n) is 9.90. The number of quaternary nitrogens is 1. The van der Waals surface area contributed by atoms with Gasteiger partial charge in [0.2, 0.25) is 0 Å². The number of nitrogens with zero attached hydrogens (tertiary/aromatic N) is 1. The normalized spacial score (nSPS) is 11.7. The Morgan fingerprint density at radius 3 is 1.29 bits per heavy atom. The molecular formula is C21H41NO2. The summed E-state index contributed by atoms with van der Waals surface area (Å²) in [6.45, 7) is 15.0. The van der Waals surface area contributed by atoms with E-state index in [1.807, 2.05) is 0 Å². The van der Waals surface area contributed by atoms with Crippen LogP contribution in [0, 0.1) is 0 Å². The molecule has 0 aliphatic carbocycles. The number of rotatable bonds is 14. The van der Waals surface area contributed by atoms with Crippen molar-refractivity contribution in [3.8, 4) is 0 Å². The monoisotopic (exact) mass is 339 g/mol. The van der Waals surface area contributed by atoms with Crippen molar-refractivity contribution in [2.75, 3.05) is 26.2 Å². The Bertz CT molecular complexity index is 273. The molecule has 0 atom stereocenters. The van der Waals surface area contributed by atoms with Crippen molar-refractivity contribution in [1.82, 2.24) is 0 Å². The highest BCUT2D eigenvalue weighted by molar-refractivity contribution is 5.65. The summed E-state index contributed by atoms with van der Waals surface area (Å²) in [6.07, 6.45) is 16.1. The van der Waals surface area contributed by atoms with Gasteiger partial charge in [0.05, 0.1) is 26.2 Å². The molecule has 0 aromatic carbocycles. The first kappa shape index (κ1) is 25.2. The van der Waals surface area contributed by atoms with Crippen LogP contribution in [0.5, 0.6) is 0 Å². The Balaban J connectivity index is 0. The van der Waals surface area contributed by atoms with E-state index in [4.69, 9.17) is 0 Å². The maximum atomic E-state index is 9.46. The minimum absolute atomic E-state index is 0.611. The summed E-state index contributed by atoms with van der Waals surface area (Å²) in [5, 5.41) is 9.46. The molecule has 0 aromatic heterocycles. The molecular weight excluding hydrogens is 298 g/mol. The lowest BCUT2D eigenvalue weighted by Crippen LogP contribution is -2.50. The quantitative estimate of drug-likeness (QED) is 0.152. The summed E-state index contributed by atoms with van der Waals surface area (Å²) < 4.78 is 1.42. The molecule has 0 spiro atoms. The molecule has 0 unspecified atom stereocenters. The Labute approximate surface area is 151 Å². The second-order valence-electron chi connectivity index (χ2n) is 6.50. The molecule has 0 rings (SSSR count). The van der Waals surface area contributed by atoms with Crippen molar-refractivity contribution in [3.63, 3.8) is 0 Å². The van der Waals surface area contributed by atoms with Gasteiger partial charge in [0.1, 0.15) is 6.29 Å². The molecule has 3 heteroatoms. The van der Waals surface area contributed by atoms with Gasteiger partial charge in [-0.05, 0) is 31.8 Å². The standard InChI is InChI=1S/C16H36N.C5H6O2/c1-5-9-13-17(14-10-6-2,15-11-7-3)16-12-8-4;6-4-2-1-3-5-7/h5-16H2,1-4H3;1-6H/q+1;/p-1/b;3-1+,4-2+. The highest BCUT2D eigenvalue weighted by Crippen LogP contribution is 2.16. The van der Waals surface area contributed by atoms with E-state index in [2.05, 4.69) is 27.7 Å². The molecule has 24 heavy (non-hydrogen) atoms. The van der Waals surface area contributed by atoms with Gasteiger partial charge < -0.3 is 9.59 Å². The fourth-order valence-electron chi connectivity index (χ4n) is 2.80. The Kier molecular flexibility index (Phi) is 20.9. The minimum Gasteiger partial charge on any atom is -0.878 e. The number of hydrogen-bond donors (Lipinski definition) is 0. The third-order valence-electron chi connectivity index (χ3n) is 4.32. The van der Waals surface area contributed by atoms with E-state index in [-0.39, 0.29) is 0 Å². The second kappa shape index (κ2) is 20.0. The Morgan fingerprint density at radius 1 is 0.667 bits per heavy atom. The summed E-state index contributed by atoms with van der Waals surface area (Å²) in [5.41, 5.74) is 0. The average Bonchev–Trinajstić information content (AvgIpc) is 2.61. The lowest BCUT2D eigenvalue weighted by molar-refractivity contribution is -0.929. The first-order valence-corrected chi connectivity index (χ1v) is 9.90. The van der Waals surface area contributed by atoms with E-state index < -0.39 is 0 Å². The van der Waals surface area contributed by atoms with Crippen molar-refractivity contribution in [1.29, 1.82) is 0 Å². The van der Waals surface area contributed by atoms with Crippen LogP contribution in [0.4, 0.5) is 0 Å². The van der Waals surface area contributed by atoms with Crippen LogP contribution in [0.3, 0.4) is 0 Å². The lowest BCUT2D eigenvalue weighted by Gasteiger charge is -2.39. The third-order valence-corrected chi connectivity index (χ3v) is 4.32. The van der Waals surface area contributed by atoms with E-state index in [0.29, 0.717) is 12.5 Å². The molecule has 3 nitrogen and oxygen atoms in total. The number of aldehydes is 1. The predicted molar refractivity (Wildman–Crippen MR) is 104 cm³/mol. The second-order valence-corrected chi connectivity index (χ2v) is 6.50. The first-order chi connectivity index (χ1) is 11.7. The van der Waals surface area contributed by atoms with Crippen LogP contribution in [-0.4, -0.2) is 36.9 Å². The van der Waals surface area contributed by atoms with Crippen molar-refractivity contribution < 1.29 is 14.4 Å². The van der Waals surface area contributed by atoms with Crippen LogP contribution in [0.2, 0.25) is 0 Å². The van der Waals surface area contributed by atoms with Gasteiger partial charge >= 0.3 is 0 Å². The molecule has 0 radical (unpaired) electrons. The van der Waals surface area contributed by atoms with Gasteiger partial charge in [-0.2, -0.15) is 0 Å². The molecule has 0 saturated carbocycles. The third kappa shape index (κ3) is 15.8. The minimum atomic E-state index is 0.611. The van der Waals surface area contributed by atoms with E-state index in [1.54, 1.807) is 0 Å². The van der Waals surface area contributed by atoms with Crippen molar-refractivity contribution in [3.05, 3.63) is 24.5 Å². The van der Waals surface area contributed by atoms with E-state index in [0.717, 1.165) is 0 Å². The number of unbranched alkanes of at least 4 members (excludes halogenated alkanes) is 4. The zero-order valence-electron chi connectivity index (χ0n) is 16.6. The van der Waals surface area contributed by atoms with Crippen LogP contribution in [0.15, 0.2) is 24.5 Å². The average molecular weight is 340 g/mol. The summed E-state index contributed by atoms with van der Waals surface area (Å²) >= 11 is 0. The van der Waals surface area contributed by atoms with Gasteiger partial charge in [-0.3, -0.25) is 4.79 Å². The van der Waals surface area contributed by atoms with Gasteiger partial charge in [-0.1, -0.05) is 65.5 Å². The summed E-state index contributed by atoms with van der Waals surface area (Å²) in [4.78, 5) is 9.46.